The molecule has 0 radical (unpaired) electrons. The van der Waals surface area contributed by atoms with Crippen LogP contribution in [0.3, 0.4) is 0 Å². The van der Waals surface area contributed by atoms with Gasteiger partial charge in [-0.05, 0) is 50.1 Å². The summed E-state index contributed by atoms with van der Waals surface area (Å²) in [5, 5.41) is 9.92. The minimum Gasteiger partial charge on any atom is -0.497 e. The lowest BCUT2D eigenvalue weighted by Crippen LogP contribution is -2.25. The highest BCUT2D eigenvalue weighted by atomic mass is 32.1. The van der Waals surface area contributed by atoms with Crippen molar-refractivity contribution in [3.63, 3.8) is 0 Å². The highest BCUT2D eigenvalue weighted by Gasteiger charge is 2.11. The van der Waals surface area contributed by atoms with Crippen molar-refractivity contribution >= 4 is 17.2 Å². The van der Waals surface area contributed by atoms with Crippen LogP contribution in [0.15, 0.2) is 35.8 Å². The predicted molar refractivity (Wildman–Crippen MR) is 98.1 cm³/mol. The van der Waals surface area contributed by atoms with Crippen LogP contribution in [-0.4, -0.2) is 34.7 Å². The Bertz CT molecular complexity index is 839. The second-order valence-electron chi connectivity index (χ2n) is 5.62. The number of rotatable bonds is 7. The summed E-state index contributed by atoms with van der Waals surface area (Å²) in [6.07, 6.45) is 1.81. The van der Waals surface area contributed by atoms with E-state index in [1.54, 1.807) is 24.5 Å². The van der Waals surface area contributed by atoms with E-state index in [9.17, 15) is 4.79 Å². The summed E-state index contributed by atoms with van der Waals surface area (Å²) < 4.78 is 5.14. The summed E-state index contributed by atoms with van der Waals surface area (Å²) in [6, 6.07) is 9.31. The zero-order valence-corrected chi connectivity index (χ0v) is 15.0. The van der Waals surface area contributed by atoms with E-state index in [0.717, 1.165) is 35.5 Å². The molecule has 0 saturated heterocycles. The number of nitrogens with zero attached hydrogens (tertiary/aromatic N) is 2. The highest BCUT2D eigenvalue weighted by Crippen LogP contribution is 2.21. The van der Waals surface area contributed by atoms with E-state index in [-0.39, 0.29) is 5.91 Å². The molecule has 0 aliphatic carbocycles. The fourth-order valence-corrected chi connectivity index (χ4v) is 3.28. The van der Waals surface area contributed by atoms with E-state index in [2.05, 4.69) is 20.5 Å². The molecule has 7 heteroatoms. The molecule has 0 saturated carbocycles. The van der Waals surface area contributed by atoms with Crippen LogP contribution in [0.4, 0.5) is 0 Å². The van der Waals surface area contributed by atoms with Crippen molar-refractivity contribution in [2.24, 2.45) is 0 Å². The van der Waals surface area contributed by atoms with Crippen molar-refractivity contribution in [1.82, 2.24) is 20.5 Å². The third-order valence-corrected chi connectivity index (χ3v) is 4.91. The molecule has 0 aliphatic heterocycles. The predicted octanol–water partition coefficient (Wildman–Crippen LogP) is 3.21. The summed E-state index contributed by atoms with van der Waals surface area (Å²) in [4.78, 5) is 17.7. The number of methoxy groups -OCH3 is 1. The lowest BCUT2D eigenvalue weighted by atomic mass is 10.1. The van der Waals surface area contributed by atoms with Crippen LogP contribution in [-0.2, 0) is 6.42 Å². The van der Waals surface area contributed by atoms with E-state index in [4.69, 9.17) is 4.74 Å². The van der Waals surface area contributed by atoms with Crippen molar-refractivity contribution in [2.75, 3.05) is 13.7 Å². The number of carbonyl (C=O) groups is 1. The van der Waals surface area contributed by atoms with Crippen molar-refractivity contribution < 1.29 is 9.53 Å². The average molecular weight is 356 g/mol. The van der Waals surface area contributed by atoms with Gasteiger partial charge in [-0.1, -0.05) is 0 Å². The van der Waals surface area contributed by atoms with Crippen LogP contribution in [0.25, 0.3) is 11.3 Å². The fourth-order valence-electron chi connectivity index (χ4n) is 2.46. The molecule has 0 atom stereocenters. The second-order valence-corrected chi connectivity index (χ2v) is 6.56. The second kappa shape index (κ2) is 7.94. The van der Waals surface area contributed by atoms with Gasteiger partial charge in [0, 0.05) is 17.0 Å². The summed E-state index contributed by atoms with van der Waals surface area (Å²) in [7, 11) is 1.63. The Balaban J connectivity index is 1.52. The third kappa shape index (κ3) is 4.24. The van der Waals surface area contributed by atoms with Gasteiger partial charge in [0.25, 0.3) is 5.91 Å². The molecule has 2 aromatic heterocycles. The summed E-state index contributed by atoms with van der Waals surface area (Å²) in [6.45, 7) is 2.63. The number of carbonyl (C=O) groups excluding carboxylic acids is 1. The van der Waals surface area contributed by atoms with Crippen molar-refractivity contribution in [3.8, 4) is 17.0 Å². The van der Waals surface area contributed by atoms with Gasteiger partial charge in [-0.25, -0.2) is 4.98 Å². The summed E-state index contributed by atoms with van der Waals surface area (Å²) >= 11 is 1.66. The molecule has 0 fully saturated rings. The standard InChI is InChI=1S/C18H20N4O2S/c1-12-17(25-11-20-12)4-3-9-19-18(23)16-10-15(21-22-16)13-5-7-14(24-2)8-6-13/h5-8,10-11H,3-4,9H2,1-2H3,(H,19,23)(H,21,22). The molecule has 0 unspecified atom stereocenters. The van der Waals surface area contributed by atoms with Gasteiger partial charge in [0.1, 0.15) is 11.4 Å². The Hall–Kier alpha value is -2.67. The number of H-pyrrole nitrogens is 1. The highest BCUT2D eigenvalue weighted by molar-refractivity contribution is 7.09. The van der Waals surface area contributed by atoms with Gasteiger partial charge in [0.05, 0.1) is 24.0 Å². The molecule has 130 valence electrons. The van der Waals surface area contributed by atoms with Crippen molar-refractivity contribution in [2.45, 2.75) is 19.8 Å². The van der Waals surface area contributed by atoms with Crippen molar-refractivity contribution in [1.29, 1.82) is 0 Å². The van der Waals surface area contributed by atoms with Crippen LogP contribution in [0.2, 0.25) is 0 Å². The Morgan fingerprint density at radius 3 is 2.80 bits per heavy atom. The molecular weight excluding hydrogens is 336 g/mol. The van der Waals surface area contributed by atoms with E-state index < -0.39 is 0 Å². The van der Waals surface area contributed by atoms with Crippen LogP contribution in [0, 0.1) is 6.92 Å². The minimum atomic E-state index is -0.145. The van der Waals surface area contributed by atoms with E-state index >= 15 is 0 Å². The number of nitrogens with one attached hydrogen (secondary N) is 2. The first-order valence-electron chi connectivity index (χ1n) is 8.04. The van der Waals surface area contributed by atoms with E-state index in [1.807, 2.05) is 36.7 Å². The van der Waals surface area contributed by atoms with Crippen LogP contribution < -0.4 is 10.1 Å². The first-order chi connectivity index (χ1) is 12.2. The first-order valence-corrected chi connectivity index (χ1v) is 8.92. The van der Waals surface area contributed by atoms with Gasteiger partial charge in [0.15, 0.2) is 0 Å². The van der Waals surface area contributed by atoms with Gasteiger partial charge in [0.2, 0.25) is 0 Å². The molecule has 1 aromatic carbocycles. The molecule has 0 aliphatic rings. The maximum atomic E-state index is 12.2. The van der Waals surface area contributed by atoms with Crippen molar-refractivity contribution in [3.05, 3.63) is 52.1 Å². The zero-order valence-electron chi connectivity index (χ0n) is 14.2. The zero-order chi connectivity index (χ0) is 17.6. The fraction of sp³-hybridized carbons (Fsp3) is 0.278. The SMILES string of the molecule is COc1ccc(-c2cc(C(=O)NCCCc3scnc3C)[nH]n2)cc1. The maximum absolute atomic E-state index is 12.2. The van der Waals surface area contributed by atoms with Gasteiger partial charge in [-0.15, -0.1) is 11.3 Å². The molecule has 2 N–H and O–H groups in total. The number of hydrogen-bond acceptors (Lipinski definition) is 5. The Kier molecular flexibility index (Phi) is 5.45. The quantitative estimate of drug-likeness (QED) is 0.637. The van der Waals surface area contributed by atoms with E-state index in [1.165, 1.54) is 4.88 Å². The normalized spacial score (nSPS) is 10.6. The number of aromatic nitrogens is 3. The number of aryl methyl sites for hydroxylation is 2. The number of benzene rings is 1. The Morgan fingerprint density at radius 1 is 1.32 bits per heavy atom. The van der Waals surface area contributed by atoms with Gasteiger partial charge in [-0.3, -0.25) is 9.89 Å². The van der Waals surface area contributed by atoms with Gasteiger partial charge < -0.3 is 10.1 Å². The summed E-state index contributed by atoms with van der Waals surface area (Å²) in [5.74, 6) is 0.640. The van der Waals surface area contributed by atoms with Crippen LogP contribution in [0.5, 0.6) is 5.75 Å². The lowest BCUT2D eigenvalue weighted by Gasteiger charge is -2.03. The largest absolute Gasteiger partial charge is 0.497 e. The topological polar surface area (TPSA) is 79.9 Å². The molecule has 6 nitrogen and oxygen atoms in total. The maximum Gasteiger partial charge on any atom is 0.269 e. The van der Waals surface area contributed by atoms with E-state index in [0.29, 0.717) is 12.2 Å². The monoisotopic (exact) mass is 356 g/mol. The lowest BCUT2D eigenvalue weighted by molar-refractivity contribution is 0.0948. The molecule has 0 spiro atoms. The smallest absolute Gasteiger partial charge is 0.269 e. The third-order valence-electron chi connectivity index (χ3n) is 3.92. The molecule has 3 rings (SSSR count). The number of amides is 1. The molecular formula is C18H20N4O2S. The van der Waals surface area contributed by atoms with Gasteiger partial charge >= 0.3 is 0 Å². The molecule has 3 aromatic rings. The number of ether oxygens (including phenoxy) is 1. The summed E-state index contributed by atoms with van der Waals surface area (Å²) in [5.41, 5.74) is 5.05. The van der Waals surface area contributed by atoms with Crippen LogP contribution in [0.1, 0.15) is 27.5 Å². The molecule has 25 heavy (non-hydrogen) atoms. The Labute approximate surface area is 150 Å². The number of hydrogen-bond donors (Lipinski definition) is 2. The average Bonchev–Trinajstić information content (AvgIpc) is 3.28. The number of thiazole rings is 1. The van der Waals surface area contributed by atoms with Crippen LogP contribution >= 0.6 is 11.3 Å². The number of aromatic amines is 1. The molecule has 2 heterocycles. The van der Waals surface area contributed by atoms with Gasteiger partial charge in [-0.2, -0.15) is 5.10 Å². The molecule has 1 amide bonds. The minimum absolute atomic E-state index is 0.145. The Morgan fingerprint density at radius 2 is 2.12 bits per heavy atom. The molecule has 0 bridgehead atoms. The first kappa shape index (κ1) is 17.2.